The first-order valence-electron chi connectivity index (χ1n) is 8.61. The molecule has 0 aliphatic heterocycles. The van der Waals surface area contributed by atoms with Crippen LogP contribution in [-0.2, 0) is 4.74 Å². The van der Waals surface area contributed by atoms with Crippen LogP contribution in [-0.4, -0.2) is 41.0 Å². The molecule has 0 bridgehead atoms. The number of anilines is 1. The zero-order valence-electron chi connectivity index (χ0n) is 15.4. The van der Waals surface area contributed by atoms with E-state index in [2.05, 4.69) is 20.6 Å². The molecule has 1 saturated carbocycles. The van der Waals surface area contributed by atoms with Crippen molar-refractivity contribution >= 4 is 24.7 Å². The first kappa shape index (κ1) is 18.6. The highest BCUT2D eigenvalue weighted by Gasteiger charge is 2.36. The Morgan fingerprint density at radius 2 is 2.04 bits per heavy atom. The third kappa shape index (κ3) is 5.11. The highest BCUT2D eigenvalue weighted by molar-refractivity contribution is 6.53. The number of amides is 1. The van der Waals surface area contributed by atoms with Crippen LogP contribution in [0.1, 0.15) is 52.3 Å². The number of aromatic nitrogens is 2. The first-order chi connectivity index (χ1) is 11.2. The van der Waals surface area contributed by atoms with Crippen molar-refractivity contribution < 1.29 is 9.53 Å². The number of ether oxygens (including phenoxy) is 1. The molecule has 0 saturated heterocycles. The second-order valence-electron chi connectivity index (χ2n) is 7.48. The molecule has 1 aliphatic rings. The second-order valence-corrected chi connectivity index (χ2v) is 7.48. The van der Waals surface area contributed by atoms with E-state index in [4.69, 9.17) is 4.74 Å². The Morgan fingerprint density at radius 3 is 2.62 bits per heavy atom. The molecule has 1 aliphatic carbocycles. The first-order valence-corrected chi connectivity index (χ1v) is 8.61. The summed E-state index contributed by atoms with van der Waals surface area (Å²) in [5.41, 5.74) is 0.184. The summed E-state index contributed by atoms with van der Waals surface area (Å²) in [5, 5.41) is 6.50. The summed E-state index contributed by atoms with van der Waals surface area (Å²) in [6, 6.07) is 0. The maximum absolute atomic E-state index is 12.2. The van der Waals surface area contributed by atoms with Crippen molar-refractivity contribution in [1.29, 1.82) is 0 Å². The molecule has 1 fully saturated rings. The van der Waals surface area contributed by atoms with Crippen molar-refractivity contribution in [1.82, 2.24) is 15.3 Å². The quantitative estimate of drug-likeness (QED) is 0.811. The van der Waals surface area contributed by atoms with Crippen LogP contribution in [0.2, 0.25) is 6.82 Å². The van der Waals surface area contributed by atoms with Gasteiger partial charge in [-0.15, -0.1) is 0 Å². The van der Waals surface area contributed by atoms with Gasteiger partial charge in [0, 0.05) is 12.7 Å². The Hall–Kier alpha value is -1.79. The van der Waals surface area contributed by atoms with Crippen LogP contribution in [0.4, 0.5) is 10.6 Å². The molecule has 24 heavy (non-hydrogen) atoms. The highest BCUT2D eigenvalue weighted by atomic mass is 16.6. The van der Waals surface area contributed by atoms with Gasteiger partial charge in [0.25, 0.3) is 0 Å². The van der Waals surface area contributed by atoms with E-state index in [1.54, 1.807) is 0 Å². The third-order valence-corrected chi connectivity index (χ3v) is 4.17. The van der Waals surface area contributed by atoms with E-state index in [9.17, 15) is 4.79 Å². The van der Waals surface area contributed by atoms with Gasteiger partial charge in [0.15, 0.2) is 7.28 Å². The molecule has 0 unspecified atom stereocenters. The van der Waals surface area contributed by atoms with E-state index in [1.807, 2.05) is 48.0 Å². The number of aryl methyl sites for hydroxylation is 1. The molecule has 0 spiro atoms. The molecular weight excluding hydrogens is 303 g/mol. The zero-order chi connectivity index (χ0) is 17.8. The minimum Gasteiger partial charge on any atom is -0.444 e. The maximum atomic E-state index is 12.2. The van der Waals surface area contributed by atoms with Crippen LogP contribution in [0.15, 0.2) is 6.20 Å². The van der Waals surface area contributed by atoms with E-state index in [0.29, 0.717) is 6.54 Å². The summed E-state index contributed by atoms with van der Waals surface area (Å²) in [5.74, 6) is 1.53. The van der Waals surface area contributed by atoms with E-state index in [-0.39, 0.29) is 11.6 Å². The fourth-order valence-corrected chi connectivity index (χ4v) is 3.00. The molecule has 2 N–H and O–H groups in total. The van der Waals surface area contributed by atoms with Crippen LogP contribution in [0.5, 0.6) is 0 Å². The van der Waals surface area contributed by atoms with Crippen LogP contribution in [0, 0.1) is 6.92 Å². The Labute approximate surface area is 145 Å². The molecule has 1 aromatic rings. The number of hydrogen-bond acceptors (Lipinski definition) is 5. The summed E-state index contributed by atoms with van der Waals surface area (Å²) >= 11 is 0. The molecule has 1 aromatic heterocycles. The van der Waals surface area contributed by atoms with E-state index in [0.717, 1.165) is 42.8 Å². The molecule has 1 radical (unpaired) electrons. The van der Waals surface area contributed by atoms with Gasteiger partial charge >= 0.3 is 6.09 Å². The Balaban J connectivity index is 2.06. The monoisotopic (exact) mass is 331 g/mol. The molecule has 0 atom stereocenters. The van der Waals surface area contributed by atoms with Gasteiger partial charge in [-0.05, 0) is 46.0 Å². The largest absolute Gasteiger partial charge is 0.444 e. The van der Waals surface area contributed by atoms with Crippen molar-refractivity contribution in [3.8, 4) is 0 Å². The van der Waals surface area contributed by atoms with E-state index >= 15 is 0 Å². The Morgan fingerprint density at radius 1 is 1.38 bits per heavy atom. The van der Waals surface area contributed by atoms with Crippen LogP contribution < -0.4 is 16.1 Å². The lowest BCUT2D eigenvalue weighted by Crippen LogP contribution is -2.52. The number of hydrogen-bond donors (Lipinski definition) is 2. The average molecular weight is 331 g/mol. The van der Waals surface area contributed by atoms with E-state index < -0.39 is 5.60 Å². The minimum absolute atomic E-state index is 0.286. The van der Waals surface area contributed by atoms with Gasteiger partial charge in [-0.3, -0.25) is 0 Å². The summed E-state index contributed by atoms with van der Waals surface area (Å²) < 4.78 is 5.43. The smallest absolute Gasteiger partial charge is 0.408 e. The second kappa shape index (κ2) is 7.41. The summed E-state index contributed by atoms with van der Waals surface area (Å²) in [7, 11) is 1.98. The summed E-state index contributed by atoms with van der Waals surface area (Å²) in [6.45, 7) is 10.1. The van der Waals surface area contributed by atoms with Crippen LogP contribution in [0.3, 0.4) is 0 Å². The normalized spacial score (nSPS) is 16.5. The lowest BCUT2D eigenvalue weighted by Gasteiger charge is -2.32. The molecule has 6 nitrogen and oxygen atoms in total. The third-order valence-electron chi connectivity index (χ3n) is 4.17. The SMILES string of the molecule is C[B]c1cnc(C)nc1NCC1(NC(=O)OC(C)(C)C)CCCC1. The number of nitrogens with one attached hydrogen (secondary N) is 2. The molecule has 131 valence electrons. The Kier molecular flexibility index (Phi) is 5.72. The standard InChI is InChI=1S/C17H28BN4O2/c1-12-19-10-13(18-5)14(21-12)20-11-17(8-6-7-9-17)22-15(23)24-16(2,3)4/h10H,6-9,11H2,1-5H3,(H,22,23)(H,19,20,21). The van der Waals surface area contributed by atoms with Gasteiger partial charge < -0.3 is 15.4 Å². The van der Waals surface area contributed by atoms with Gasteiger partial charge in [0.05, 0.1) is 5.54 Å². The number of rotatable bonds is 5. The molecule has 7 heteroatoms. The topological polar surface area (TPSA) is 76.1 Å². The van der Waals surface area contributed by atoms with Crippen molar-refractivity contribution in [2.45, 2.75) is 71.3 Å². The predicted octanol–water partition coefficient (Wildman–Crippen LogP) is 2.41. The number of carbonyl (C=O) groups is 1. The molecule has 1 heterocycles. The number of alkyl carbamates (subject to hydrolysis) is 1. The fourth-order valence-electron chi connectivity index (χ4n) is 3.00. The molecule has 0 aromatic carbocycles. The zero-order valence-corrected chi connectivity index (χ0v) is 15.4. The van der Waals surface area contributed by atoms with Gasteiger partial charge in [-0.2, -0.15) is 0 Å². The van der Waals surface area contributed by atoms with Crippen LogP contribution >= 0.6 is 0 Å². The lowest BCUT2D eigenvalue weighted by atomic mass is 9.74. The molecule has 2 rings (SSSR count). The number of carbonyl (C=O) groups excluding carboxylic acids is 1. The average Bonchev–Trinajstić information content (AvgIpc) is 2.92. The van der Waals surface area contributed by atoms with Crippen molar-refractivity contribution in [2.75, 3.05) is 11.9 Å². The highest BCUT2D eigenvalue weighted by Crippen LogP contribution is 2.30. The number of nitrogens with zero attached hydrogens (tertiary/aromatic N) is 2. The Bertz CT molecular complexity index is 580. The van der Waals surface area contributed by atoms with Crippen molar-refractivity contribution in [2.24, 2.45) is 0 Å². The van der Waals surface area contributed by atoms with Gasteiger partial charge in [0.1, 0.15) is 17.2 Å². The maximum Gasteiger partial charge on any atom is 0.408 e. The van der Waals surface area contributed by atoms with Gasteiger partial charge in [0.2, 0.25) is 0 Å². The summed E-state index contributed by atoms with van der Waals surface area (Å²) in [6.07, 6.45) is 5.54. The fraction of sp³-hybridized carbons (Fsp3) is 0.706. The summed E-state index contributed by atoms with van der Waals surface area (Å²) in [4.78, 5) is 20.9. The van der Waals surface area contributed by atoms with Gasteiger partial charge in [-0.1, -0.05) is 19.7 Å². The van der Waals surface area contributed by atoms with Crippen molar-refractivity contribution in [3.63, 3.8) is 0 Å². The molecular formula is C17H28BN4O2. The van der Waals surface area contributed by atoms with Crippen molar-refractivity contribution in [3.05, 3.63) is 12.0 Å². The molecule has 1 amide bonds. The van der Waals surface area contributed by atoms with Crippen LogP contribution in [0.25, 0.3) is 0 Å². The predicted molar refractivity (Wildman–Crippen MR) is 97.1 cm³/mol. The van der Waals surface area contributed by atoms with Gasteiger partial charge in [-0.25, -0.2) is 14.8 Å². The lowest BCUT2D eigenvalue weighted by molar-refractivity contribution is 0.0463. The minimum atomic E-state index is -0.495. The van der Waals surface area contributed by atoms with E-state index in [1.165, 1.54) is 0 Å².